The molecular weight excluding hydrogens is 363 g/mol. The molecule has 1 aliphatic carbocycles. The molecule has 0 aromatic carbocycles. The summed E-state index contributed by atoms with van der Waals surface area (Å²) >= 11 is 0. The maximum absolute atomic E-state index is 4.75. The zero-order valence-electron chi connectivity index (χ0n) is 13.2. The summed E-state index contributed by atoms with van der Waals surface area (Å²) < 4.78 is 0. The quantitative estimate of drug-likeness (QED) is 0.428. The number of rotatable bonds is 5. The van der Waals surface area contributed by atoms with Crippen molar-refractivity contribution >= 4 is 29.9 Å². The minimum atomic E-state index is 0. The first-order chi connectivity index (χ1) is 9.19. The van der Waals surface area contributed by atoms with Gasteiger partial charge in [0.1, 0.15) is 0 Å². The Kier molecular flexibility index (Phi) is 8.17. The van der Waals surface area contributed by atoms with E-state index in [1.165, 1.54) is 38.8 Å². The van der Waals surface area contributed by atoms with Crippen molar-refractivity contribution in [2.75, 3.05) is 26.2 Å². The summed E-state index contributed by atoms with van der Waals surface area (Å²) in [5, 5.41) is 6.82. The van der Waals surface area contributed by atoms with E-state index in [2.05, 4.69) is 36.3 Å². The second-order valence-corrected chi connectivity index (χ2v) is 6.23. The predicted octanol–water partition coefficient (Wildman–Crippen LogP) is 2.44. The third-order valence-corrected chi connectivity index (χ3v) is 4.09. The normalized spacial score (nSPS) is 25.8. The van der Waals surface area contributed by atoms with E-state index in [-0.39, 0.29) is 24.0 Å². The van der Waals surface area contributed by atoms with Crippen molar-refractivity contribution in [2.45, 2.75) is 58.5 Å². The van der Waals surface area contributed by atoms with Crippen LogP contribution in [-0.2, 0) is 0 Å². The average molecular weight is 394 g/mol. The molecule has 4 nitrogen and oxygen atoms in total. The number of piperidine rings is 1. The van der Waals surface area contributed by atoms with Crippen molar-refractivity contribution < 1.29 is 0 Å². The Morgan fingerprint density at radius 2 is 2.10 bits per heavy atom. The number of hydrogen-bond donors (Lipinski definition) is 2. The van der Waals surface area contributed by atoms with Gasteiger partial charge in [0.2, 0.25) is 0 Å². The first kappa shape index (κ1) is 18.0. The molecule has 2 atom stereocenters. The first-order valence-electron chi connectivity index (χ1n) is 7.98. The van der Waals surface area contributed by atoms with Crippen molar-refractivity contribution in [3.05, 3.63) is 0 Å². The van der Waals surface area contributed by atoms with E-state index >= 15 is 0 Å². The van der Waals surface area contributed by atoms with Crippen LogP contribution in [0.25, 0.3) is 0 Å². The van der Waals surface area contributed by atoms with Crippen LogP contribution in [0.1, 0.15) is 46.5 Å². The van der Waals surface area contributed by atoms with Crippen LogP contribution in [0.15, 0.2) is 4.99 Å². The SMILES string of the molecule is CCNC(=NCC(C)N1CCCC(C)C1)NC1CC1.I. The molecule has 2 fully saturated rings. The van der Waals surface area contributed by atoms with Gasteiger partial charge in [0, 0.05) is 25.2 Å². The maximum Gasteiger partial charge on any atom is 0.191 e. The summed E-state index contributed by atoms with van der Waals surface area (Å²) in [4.78, 5) is 7.34. The Bertz CT molecular complexity index is 304. The van der Waals surface area contributed by atoms with Gasteiger partial charge in [-0.15, -0.1) is 24.0 Å². The van der Waals surface area contributed by atoms with Gasteiger partial charge in [-0.25, -0.2) is 0 Å². The summed E-state index contributed by atoms with van der Waals surface area (Å²) in [5.41, 5.74) is 0. The number of likely N-dealkylation sites (tertiary alicyclic amines) is 1. The Morgan fingerprint density at radius 3 is 2.70 bits per heavy atom. The van der Waals surface area contributed by atoms with E-state index in [1.54, 1.807) is 0 Å². The van der Waals surface area contributed by atoms with Crippen LogP contribution in [0.5, 0.6) is 0 Å². The van der Waals surface area contributed by atoms with Gasteiger partial charge in [-0.05, 0) is 52.0 Å². The highest BCUT2D eigenvalue weighted by atomic mass is 127. The van der Waals surface area contributed by atoms with E-state index in [0.717, 1.165) is 25.0 Å². The third-order valence-electron chi connectivity index (χ3n) is 4.09. The summed E-state index contributed by atoms with van der Waals surface area (Å²) in [6.45, 7) is 11.1. The molecule has 0 aromatic rings. The highest BCUT2D eigenvalue weighted by Gasteiger charge is 2.23. The van der Waals surface area contributed by atoms with E-state index in [9.17, 15) is 0 Å². The van der Waals surface area contributed by atoms with Crippen LogP contribution in [-0.4, -0.2) is 49.1 Å². The van der Waals surface area contributed by atoms with Crippen molar-refractivity contribution in [3.8, 4) is 0 Å². The highest BCUT2D eigenvalue weighted by molar-refractivity contribution is 14.0. The molecule has 0 bridgehead atoms. The third kappa shape index (κ3) is 6.16. The molecule has 0 radical (unpaired) electrons. The molecular formula is C15H31IN4. The van der Waals surface area contributed by atoms with Crippen LogP contribution in [0.3, 0.4) is 0 Å². The Morgan fingerprint density at radius 1 is 1.35 bits per heavy atom. The number of nitrogens with one attached hydrogen (secondary N) is 2. The summed E-state index contributed by atoms with van der Waals surface area (Å²) in [5.74, 6) is 1.85. The summed E-state index contributed by atoms with van der Waals surface area (Å²) in [6.07, 6.45) is 5.32. The summed E-state index contributed by atoms with van der Waals surface area (Å²) in [7, 11) is 0. The van der Waals surface area contributed by atoms with Gasteiger partial charge >= 0.3 is 0 Å². The molecule has 2 N–H and O–H groups in total. The molecule has 1 heterocycles. The lowest BCUT2D eigenvalue weighted by atomic mass is 9.99. The number of nitrogens with zero attached hydrogens (tertiary/aromatic N) is 2. The fraction of sp³-hybridized carbons (Fsp3) is 0.933. The molecule has 0 amide bonds. The summed E-state index contributed by atoms with van der Waals surface area (Å²) in [6, 6.07) is 1.22. The Hall–Kier alpha value is -0.0400. The van der Waals surface area contributed by atoms with Crippen LogP contribution in [0.2, 0.25) is 0 Å². The number of halogens is 1. The molecule has 2 aliphatic rings. The molecule has 118 valence electrons. The fourth-order valence-corrected chi connectivity index (χ4v) is 2.71. The zero-order valence-corrected chi connectivity index (χ0v) is 15.5. The van der Waals surface area contributed by atoms with Gasteiger partial charge in [-0.2, -0.15) is 0 Å². The molecule has 1 aliphatic heterocycles. The monoisotopic (exact) mass is 394 g/mol. The highest BCUT2D eigenvalue weighted by Crippen LogP contribution is 2.19. The molecule has 0 aromatic heterocycles. The standard InChI is InChI=1S/C15H30N4.HI/c1-4-16-15(18-14-7-8-14)17-10-13(3)19-9-5-6-12(2)11-19;/h12-14H,4-11H2,1-3H3,(H2,16,17,18);1H. The number of guanidine groups is 1. The van der Waals surface area contributed by atoms with Crippen molar-refractivity contribution in [2.24, 2.45) is 10.9 Å². The van der Waals surface area contributed by atoms with E-state index in [4.69, 9.17) is 4.99 Å². The van der Waals surface area contributed by atoms with Crippen molar-refractivity contribution in [3.63, 3.8) is 0 Å². The number of aliphatic imine (C=N–C) groups is 1. The minimum absolute atomic E-state index is 0. The van der Waals surface area contributed by atoms with E-state index in [1.807, 2.05) is 0 Å². The van der Waals surface area contributed by atoms with Gasteiger partial charge in [0.25, 0.3) is 0 Å². The predicted molar refractivity (Wildman–Crippen MR) is 97.0 cm³/mol. The maximum atomic E-state index is 4.75. The van der Waals surface area contributed by atoms with Gasteiger partial charge in [-0.1, -0.05) is 6.92 Å². The second-order valence-electron chi connectivity index (χ2n) is 6.23. The van der Waals surface area contributed by atoms with Gasteiger partial charge in [0.15, 0.2) is 5.96 Å². The van der Waals surface area contributed by atoms with Gasteiger partial charge in [0.05, 0.1) is 6.54 Å². The van der Waals surface area contributed by atoms with E-state index in [0.29, 0.717) is 12.1 Å². The number of hydrogen-bond acceptors (Lipinski definition) is 2. The Labute approximate surface area is 141 Å². The van der Waals surface area contributed by atoms with Crippen LogP contribution < -0.4 is 10.6 Å². The molecule has 2 unspecified atom stereocenters. The largest absolute Gasteiger partial charge is 0.357 e. The molecule has 0 spiro atoms. The smallest absolute Gasteiger partial charge is 0.191 e. The minimum Gasteiger partial charge on any atom is -0.357 e. The molecule has 1 saturated carbocycles. The fourth-order valence-electron chi connectivity index (χ4n) is 2.71. The zero-order chi connectivity index (χ0) is 13.7. The lowest BCUT2D eigenvalue weighted by Gasteiger charge is -2.35. The van der Waals surface area contributed by atoms with Crippen molar-refractivity contribution in [1.82, 2.24) is 15.5 Å². The topological polar surface area (TPSA) is 39.7 Å². The average Bonchev–Trinajstić information content (AvgIpc) is 3.20. The van der Waals surface area contributed by atoms with E-state index < -0.39 is 0 Å². The van der Waals surface area contributed by atoms with Crippen LogP contribution >= 0.6 is 24.0 Å². The van der Waals surface area contributed by atoms with Crippen LogP contribution in [0, 0.1) is 5.92 Å². The lowest BCUT2D eigenvalue weighted by Crippen LogP contribution is -2.43. The van der Waals surface area contributed by atoms with Crippen molar-refractivity contribution in [1.29, 1.82) is 0 Å². The first-order valence-corrected chi connectivity index (χ1v) is 7.98. The second kappa shape index (κ2) is 9.07. The lowest BCUT2D eigenvalue weighted by molar-refractivity contribution is 0.142. The molecule has 5 heteroatoms. The molecule has 20 heavy (non-hydrogen) atoms. The van der Waals surface area contributed by atoms with Crippen LogP contribution in [0.4, 0.5) is 0 Å². The van der Waals surface area contributed by atoms with Gasteiger partial charge < -0.3 is 10.6 Å². The molecule has 1 saturated heterocycles. The van der Waals surface area contributed by atoms with Gasteiger partial charge in [-0.3, -0.25) is 9.89 Å². The molecule has 2 rings (SSSR count). The Balaban J connectivity index is 0.00000200.